The largest absolute Gasteiger partial charge is 0.495 e. The van der Waals surface area contributed by atoms with Gasteiger partial charge in [0.1, 0.15) is 11.3 Å². The van der Waals surface area contributed by atoms with Crippen LogP contribution in [0.4, 0.5) is 11.4 Å². The highest BCUT2D eigenvalue weighted by atomic mass is 35.5. The molecule has 2 aliphatic heterocycles. The van der Waals surface area contributed by atoms with Gasteiger partial charge in [0.05, 0.1) is 18.7 Å². The van der Waals surface area contributed by atoms with Crippen molar-refractivity contribution >= 4 is 34.8 Å². The fraction of sp³-hybridized carbons (Fsp3) is 0.417. The van der Waals surface area contributed by atoms with Crippen LogP contribution < -0.4 is 20.7 Å². The molecular formula is C24H28ClN3O3. The molecule has 0 radical (unpaired) electrons. The first-order valence-corrected chi connectivity index (χ1v) is 11.0. The number of anilines is 2. The Kier molecular flexibility index (Phi) is 5.71. The molecule has 164 valence electrons. The van der Waals surface area contributed by atoms with Crippen LogP contribution in [0.2, 0.25) is 5.02 Å². The highest BCUT2D eigenvalue weighted by Gasteiger charge is 2.60. The van der Waals surface area contributed by atoms with Gasteiger partial charge in [0.15, 0.2) is 0 Å². The van der Waals surface area contributed by atoms with E-state index in [2.05, 4.69) is 29.8 Å². The SMILES string of the molecule is COc1ccc(Cl)cc1NC(=O)C1CC(CC(C)C)NC12C(=O)Nc1ccc(C)cc12. The number of nitrogens with one attached hydrogen (secondary N) is 3. The topological polar surface area (TPSA) is 79.5 Å². The van der Waals surface area contributed by atoms with Crippen molar-refractivity contribution in [1.29, 1.82) is 0 Å². The molecule has 3 unspecified atom stereocenters. The first kappa shape index (κ1) is 21.7. The number of ether oxygens (including phenoxy) is 1. The van der Waals surface area contributed by atoms with Crippen molar-refractivity contribution in [2.75, 3.05) is 17.7 Å². The number of carbonyl (C=O) groups is 2. The summed E-state index contributed by atoms with van der Waals surface area (Å²) in [6.07, 6.45) is 1.44. The zero-order valence-electron chi connectivity index (χ0n) is 18.2. The van der Waals surface area contributed by atoms with Crippen molar-refractivity contribution in [1.82, 2.24) is 5.32 Å². The maximum Gasteiger partial charge on any atom is 0.250 e. The van der Waals surface area contributed by atoms with E-state index in [-0.39, 0.29) is 17.9 Å². The number of rotatable bonds is 5. The summed E-state index contributed by atoms with van der Waals surface area (Å²) in [5.74, 6) is -0.0428. The quantitative estimate of drug-likeness (QED) is 0.639. The number of hydrogen-bond acceptors (Lipinski definition) is 4. The molecule has 3 atom stereocenters. The molecule has 2 heterocycles. The lowest BCUT2D eigenvalue weighted by molar-refractivity contribution is -0.130. The molecule has 1 saturated heterocycles. The molecule has 0 aliphatic carbocycles. The van der Waals surface area contributed by atoms with Gasteiger partial charge in [0, 0.05) is 22.3 Å². The van der Waals surface area contributed by atoms with E-state index < -0.39 is 11.5 Å². The molecule has 1 fully saturated rings. The van der Waals surface area contributed by atoms with Gasteiger partial charge >= 0.3 is 0 Å². The van der Waals surface area contributed by atoms with Crippen molar-refractivity contribution in [2.24, 2.45) is 11.8 Å². The van der Waals surface area contributed by atoms with E-state index in [0.717, 1.165) is 23.2 Å². The Hall–Kier alpha value is -2.57. The number of amides is 2. The van der Waals surface area contributed by atoms with E-state index in [1.54, 1.807) is 25.3 Å². The highest BCUT2D eigenvalue weighted by Crippen LogP contribution is 2.48. The lowest BCUT2D eigenvalue weighted by atomic mass is 9.79. The zero-order chi connectivity index (χ0) is 22.3. The Morgan fingerprint density at radius 2 is 2.06 bits per heavy atom. The van der Waals surface area contributed by atoms with Crippen LogP contribution in [0.25, 0.3) is 0 Å². The second-order valence-electron chi connectivity index (χ2n) is 8.90. The van der Waals surface area contributed by atoms with E-state index in [4.69, 9.17) is 16.3 Å². The molecule has 0 saturated carbocycles. The first-order valence-electron chi connectivity index (χ1n) is 10.6. The van der Waals surface area contributed by atoms with Crippen LogP contribution in [0.1, 0.15) is 37.8 Å². The monoisotopic (exact) mass is 441 g/mol. The third kappa shape index (κ3) is 3.79. The molecule has 31 heavy (non-hydrogen) atoms. The van der Waals surface area contributed by atoms with Gasteiger partial charge in [-0.25, -0.2) is 0 Å². The van der Waals surface area contributed by atoms with E-state index >= 15 is 0 Å². The molecule has 2 aromatic rings. The lowest BCUT2D eigenvalue weighted by Crippen LogP contribution is -2.52. The molecule has 2 amide bonds. The molecule has 2 aliphatic rings. The Morgan fingerprint density at radius 1 is 1.29 bits per heavy atom. The summed E-state index contributed by atoms with van der Waals surface area (Å²) in [5.41, 5.74) is 2.02. The van der Waals surface area contributed by atoms with Crippen LogP contribution in [0.15, 0.2) is 36.4 Å². The molecule has 7 heteroatoms. The molecular weight excluding hydrogens is 414 g/mol. The van der Waals surface area contributed by atoms with E-state index in [1.807, 2.05) is 25.1 Å². The Bertz CT molecular complexity index is 1040. The Labute approximate surface area is 187 Å². The lowest BCUT2D eigenvalue weighted by Gasteiger charge is -2.29. The van der Waals surface area contributed by atoms with Gasteiger partial charge < -0.3 is 15.4 Å². The number of halogens is 1. The summed E-state index contributed by atoms with van der Waals surface area (Å²) >= 11 is 6.14. The van der Waals surface area contributed by atoms with Crippen LogP contribution in [-0.2, 0) is 15.1 Å². The third-order valence-electron chi connectivity index (χ3n) is 6.17. The summed E-state index contributed by atoms with van der Waals surface area (Å²) in [5, 5.41) is 10.0. The number of benzene rings is 2. The minimum Gasteiger partial charge on any atom is -0.495 e. The van der Waals surface area contributed by atoms with Gasteiger partial charge in [-0.2, -0.15) is 0 Å². The molecule has 0 bridgehead atoms. The van der Waals surface area contributed by atoms with E-state index in [9.17, 15) is 9.59 Å². The fourth-order valence-corrected chi connectivity index (χ4v) is 5.07. The first-order chi connectivity index (χ1) is 14.7. The van der Waals surface area contributed by atoms with Gasteiger partial charge in [-0.05, 0) is 49.9 Å². The average molecular weight is 442 g/mol. The van der Waals surface area contributed by atoms with Crippen molar-refractivity contribution in [3.05, 3.63) is 52.5 Å². The van der Waals surface area contributed by atoms with E-state index in [0.29, 0.717) is 28.8 Å². The number of carbonyl (C=O) groups excluding carboxylic acids is 2. The summed E-state index contributed by atoms with van der Waals surface area (Å²) < 4.78 is 5.38. The number of methoxy groups -OCH3 is 1. The second-order valence-corrected chi connectivity index (χ2v) is 9.34. The molecule has 2 aromatic carbocycles. The fourth-order valence-electron chi connectivity index (χ4n) is 4.89. The average Bonchev–Trinajstić information content (AvgIpc) is 3.21. The van der Waals surface area contributed by atoms with Gasteiger partial charge in [0.2, 0.25) is 11.8 Å². The molecule has 1 spiro atoms. The van der Waals surface area contributed by atoms with E-state index in [1.165, 1.54) is 0 Å². The smallest absolute Gasteiger partial charge is 0.250 e. The molecule has 6 nitrogen and oxygen atoms in total. The number of hydrogen-bond donors (Lipinski definition) is 3. The molecule has 0 aromatic heterocycles. The summed E-state index contributed by atoms with van der Waals surface area (Å²) in [6.45, 7) is 6.28. The van der Waals surface area contributed by atoms with Crippen LogP contribution in [0, 0.1) is 18.8 Å². The number of fused-ring (bicyclic) bond motifs is 2. The minimum absolute atomic E-state index is 0.0502. The molecule has 3 N–H and O–H groups in total. The number of aryl methyl sites for hydroxylation is 1. The Balaban J connectivity index is 1.74. The normalized spacial score (nSPS) is 24.4. The van der Waals surface area contributed by atoms with Gasteiger partial charge in [-0.3, -0.25) is 14.9 Å². The van der Waals surface area contributed by atoms with Crippen molar-refractivity contribution in [3.63, 3.8) is 0 Å². The van der Waals surface area contributed by atoms with Crippen LogP contribution in [-0.4, -0.2) is 25.0 Å². The Morgan fingerprint density at radius 3 is 2.77 bits per heavy atom. The minimum atomic E-state index is -1.10. The third-order valence-corrected chi connectivity index (χ3v) is 6.41. The predicted molar refractivity (Wildman–Crippen MR) is 123 cm³/mol. The maximum absolute atomic E-state index is 13.6. The second kappa shape index (κ2) is 8.17. The van der Waals surface area contributed by atoms with Crippen molar-refractivity contribution < 1.29 is 14.3 Å². The zero-order valence-corrected chi connectivity index (χ0v) is 19.0. The van der Waals surface area contributed by atoms with Gasteiger partial charge in [-0.1, -0.05) is 43.1 Å². The van der Waals surface area contributed by atoms with Gasteiger partial charge in [0.25, 0.3) is 0 Å². The van der Waals surface area contributed by atoms with Crippen molar-refractivity contribution in [2.45, 2.75) is 45.2 Å². The predicted octanol–water partition coefficient (Wildman–Crippen LogP) is 4.47. The van der Waals surface area contributed by atoms with Gasteiger partial charge in [-0.15, -0.1) is 0 Å². The van der Waals surface area contributed by atoms with Crippen LogP contribution >= 0.6 is 11.6 Å². The standard InChI is InChI=1S/C24H28ClN3O3/c1-13(2)9-16-12-18(22(29)26-20-11-15(25)6-8-21(20)31-4)24(28-16)17-10-14(3)5-7-19(17)27-23(24)30/h5-8,10-11,13,16,18,28H,9,12H2,1-4H3,(H,26,29)(H,27,30). The van der Waals surface area contributed by atoms with Crippen LogP contribution in [0.3, 0.4) is 0 Å². The summed E-state index contributed by atoms with van der Waals surface area (Å²) in [7, 11) is 1.54. The molecule has 4 rings (SSSR count). The van der Waals surface area contributed by atoms with Crippen LogP contribution in [0.5, 0.6) is 5.75 Å². The highest BCUT2D eigenvalue weighted by molar-refractivity contribution is 6.31. The van der Waals surface area contributed by atoms with Crippen molar-refractivity contribution in [3.8, 4) is 5.75 Å². The summed E-state index contributed by atoms with van der Waals surface area (Å²) in [4.78, 5) is 26.9. The summed E-state index contributed by atoms with van der Waals surface area (Å²) in [6, 6.07) is 11.0. The maximum atomic E-state index is 13.6.